The van der Waals surface area contributed by atoms with Gasteiger partial charge in [0.2, 0.25) is 11.8 Å². The molecule has 5 aromatic rings. The average Bonchev–Trinajstić information content (AvgIpc) is 3.41. The molecule has 0 atom stereocenters. The number of furan rings is 1. The van der Waals surface area contributed by atoms with Crippen LogP contribution in [-0.2, 0) is 19.6 Å². The SMILES string of the molecule is Nc1ncc(CN2Cc3cccc4cccc(c34)C2)c2nc(-c3ccco3)nn12. The largest absolute Gasteiger partial charge is 0.461 e. The minimum Gasteiger partial charge on any atom is -0.461 e. The third-order valence-corrected chi connectivity index (χ3v) is 5.46. The van der Waals surface area contributed by atoms with Crippen molar-refractivity contribution in [2.24, 2.45) is 0 Å². The highest BCUT2D eigenvalue weighted by molar-refractivity contribution is 5.89. The number of fused-ring (bicyclic) bond motifs is 1. The zero-order valence-corrected chi connectivity index (χ0v) is 15.6. The summed E-state index contributed by atoms with van der Waals surface area (Å²) in [7, 11) is 0. The smallest absolute Gasteiger partial charge is 0.223 e. The Balaban J connectivity index is 1.39. The van der Waals surface area contributed by atoms with Gasteiger partial charge in [0.1, 0.15) is 0 Å². The minimum absolute atomic E-state index is 0.308. The number of aromatic nitrogens is 4. The highest BCUT2D eigenvalue weighted by Gasteiger charge is 2.21. The lowest BCUT2D eigenvalue weighted by Gasteiger charge is -2.29. The molecule has 2 N–H and O–H groups in total. The minimum atomic E-state index is 0.308. The van der Waals surface area contributed by atoms with Crippen molar-refractivity contribution in [2.45, 2.75) is 19.6 Å². The summed E-state index contributed by atoms with van der Waals surface area (Å²) in [5.74, 6) is 1.42. The molecular formula is C22H18N6O. The predicted molar refractivity (Wildman–Crippen MR) is 110 cm³/mol. The van der Waals surface area contributed by atoms with Crippen LogP contribution >= 0.6 is 0 Å². The van der Waals surface area contributed by atoms with Crippen LogP contribution in [0.4, 0.5) is 5.95 Å². The van der Waals surface area contributed by atoms with Gasteiger partial charge in [0, 0.05) is 31.4 Å². The number of hydrogen-bond acceptors (Lipinski definition) is 6. The van der Waals surface area contributed by atoms with E-state index in [1.807, 2.05) is 12.1 Å². The van der Waals surface area contributed by atoms with Crippen LogP contribution in [0.25, 0.3) is 28.0 Å². The third-order valence-electron chi connectivity index (χ3n) is 5.46. The maximum atomic E-state index is 6.04. The standard InChI is InChI=1S/C22H18N6O/c23-22-24-10-17(21-25-20(26-28(21)22)18-8-3-9-29-18)13-27-11-15-6-1-4-14-5-2-7-16(12-27)19(14)15/h1-10H,11-13H2,(H2,23,24). The zero-order chi connectivity index (χ0) is 19.4. The van der Waals surface area contributed by atoms with Crippen molar-refractivity contribution in [1.29, 1.82) is 0 Å². The summed E-state index contributed by atoms with van der Waals surface area (Å²) in [6.45, 7) is 2.46. The van der Waals surface area contributed by atoms with Crippen LogP contribution in [0, 0.1) is 0 Å². The molecule has 6 rings (SSSR count). The molecule has 7 heteroatoms. The topological polar surface area (TPSA) is 85.5 Å². The summed E-state index contributed by atoms with van der Waals surface area (Å²) < 4.78 is 7.03. The van der Waals surface area contributed by atoms with Gasteiger partial charge in [-0.3, -0.25) is 4.90 Å². The van der Waals surface area contributed by atoms with Crippen LogP contribution in [-0.4, -0.2) is 24.5 Å². The molecule has 0 saturated carbocycles. The van der Waals surface area contributed by atoms with Gasteiger partial charge in [-0.15, -0.1) is 5.10 Å². The summed E-state index contributed by atoms with van der Waals surface area (Å²) in [5, 5.41) is 7.17. The molecule has 0 fully saturated rings. The number of anilines is 1. The van der Waals surface area contributed by atoms with Crippen molar-refractivity contribution in [3.05, 3.63) is 77.7 Å². The van der Waals surface area contributed by atoms with Gasteiger partial charge in [0.15, 0.2) is 11.4 Å². The van der Waals surface area contributed by atoms with Crippen molar-refractivity contribution in [3.8, 4) is 11.6 Å². The summed E-state index contributed by atoms with van der Waals surface area (Å²) in [6.07, 6.45) is 3.40. The predicted octanol–water partition coefficient (Wildman–Crippen LogP) is 3.64. The van der Waals surface area contributed by atoms with Gasteiger partial charge in [0.05, 0.1) is 6.26 Å². The molecule has 2 aromatic carbocycles. The Kier molecular flexibility index (Phi) is 3.45. The lowest BCUT2D eigenvalue weighted by atomic mass is 9.95. The van der Waals surface area contributed by atoms with Gasteiger partial charge in [-0.2, -0.15) is 4.52 Å². The Morgan fingerprint density at radius 2 is 1.79 bits per heavy atom. The Bertz CT molecular complexity index is 1310. The average molecular weight is 382 g/mol. The molecule has 0 unspecified atom stereocenters. The highest BCUT2D eigenvalue weighted by Crippen LogP contribution is 2.31. The fraction of sp³-hybridized carbons (Fsp3) is 0.136. The second kappa shape index (κ2) is 6.15. The molecule has 142 valence electrons. The first-order valence-electron chi connectivity index (χ1n) is 9.52. The summed E-state index contributed by atoms with van der Waals surface area (Å²) >= 11 is 0. The van der Waals surface area contributed by atoms with Gasteiger partial charge in [-0.1, -0.05) is 36.4 Å². The fourth-order valence-electron chi connectivity index (χ4n) is 4.21. The molecule has 0 spiro atoms. The van der Waals surface area contributed by atoms with Crippen LogP contribution in [0.2, 0.25) is 0 Å². The van der Waals surface area contributed by atoms with Gasteiger partial charge >= 0.3 is 0 Å². The molecule has 0 radical (unpaired) electrons. The molecule has 3 aromatic heterocycles. The second-order valence-corrected chi connectivity index (χ2v) is 7.37. The Labute approximate surface area is 166 Å². The Morgan fingerprint density at radius 3 is 2.52 bits per heavy atom. The van der Waals surface area contributed by atoms with E-state index in [-0.39, 0.29) is 0 Å². The second-order valence-electron chi connectivity index (χ2n) is 7.37. The molecule has 1 aliphatic heterocycles. The molecule has 1 aliphatic rings. The van der Waals surface area contributed by atoms with Crippen molar-refractivity contribution in [3.63, 3.8) is 0 Å². The lowest BCUT2D eigenvalue weighted by Crippen LogP contribution is -2.26. The summed E-state index contributed by atoms with van der Waals surface area (Å²) in [5.41, 5.74) is 10.4. The third kappa shape index (κ3) is 2.59. The van der Waals surface area contributed by atoms with E-state index in [4.69, 9.17) is 10.2 Å². The van der Waals surface area contributed by atoms with E-state index >= 15 is 0 Å². The quantitative estimate of drug-likeness (QED) is 0.513. The number of nitrogens with zero attached hydrogens (tertiary/aromatic N) is 5. The van der Waals surface area contributed by atoms with Gasteiger partial charge in [-0.05, 0) is 34.0 Å². The monoisotopic (exact) mass is 382 g/mol. The van der Waals surface area contributed by atoms with Crippen LogP contribution in [0.3, 0.4) is 0 Å². The lowest BCUT2D eigenvalue weighted by molar-refractivity contribution is 0.244. The zero-order valence-electron chi connectivity index (χ0n) is 15.6. The van der Waals surface area contributed by atoms with Gasteiger partial charge in [-0.25, -0.2) is 9.97 Å². The summed E-state index contributed by atoms with van der Waals surface area (Å²) in [6, 6.07) is 16.7. The maximum Gasteiger partial charge on any atom is 0.223 e. The van der Waals surface area contributed by atoms with Crippen LogP contribution in [0.15, 0.2) is 65.4 Å². The maximum absolute atomic E-state index is 6.04. The van der Waals surface area contributed by atoms with E-state index in [0.29, 0.717) is 29.7 Å². The van der Waals surface area contributed by atoms with Crippen LogP contribution < -0.4 is 5.73 Å². The first kappa shape index (κ1) is 16.3. The van der Waals surface area contributed by atoms with Crippen molar-refractivity contribution >= 4 is 22.4 Å². The molecule has 4 heterocycles. The Hall–Kier alpha value is -3.71. The van der Waals surface area contributed by atoms with Gasteiger partial charge in [0.25, 0.3) is 0 Å². The van der Waals surface area contributed by atoms with Crippen LogP contribution in [0.5, 0.6) is 0 Å². The van der Waals surface area contributed by atoms with E-state index in [9.17, 15) is 0 Å². The Morgan fingerprint density at radius 1 is 1.00 bits per heavy atom. The molecular weight excluding hydrogens is 364 g/mol. The van der Waals surface area contributed by atoms with Gasteiger partial charge < -0.3 is 10.2 Å². The first-order valence-corrected chi connectivity index (χ1v) is 9.52. The molecule has 7 nitrogen and oxygen atoms in total. The number of rotatable bonds is 3. The van der Waals surface area contributed by atoms with E-state index < -0.39 is 0 Å². The molecule has 0 aliphatic carbocycles. The molecule has 0 saturated heterocycles. The van der Waals surface area contributed by atoms with Crippen molar-refractivity contribution < 1.29 is 4.42 Å². The van der Waals surface area contributed by atoms with Crippen molar-refractivity contribution in [1.82, 2.24) is 24.5 Å². The molecule has 0 bridgehead atoms. The van der Waals surface area contributed by atoms with E-state index in [1.165, 1.54) is 21.9 Å². The number of hydrogen-bond donors (Lipinski definition) is 1. The fourth-order valence-corrected chi connectivity index (χ4v) is 4.21. The van der Waals surface area contributed by atoms with Crippen molar-refractivity contribution in [2.75, 3.05) is 5.73 Å². The molecule has 0 amide bonds. The van der Waals surface area contributed by atoms with E-state index in [1.54, 1.807) is 17.0 Å². The summed E-state index contributed by atoms with van der Waals surface area (Å²) in [4.78, 5) is 11.4. The number of benzene rings is 2. The van der Waals surface area contributed by atoms with E-state index in [0.717, 1.165) is 18.7 Å². The molecule has 29 heavy (non-hydrogen) atoms. The number of nitrogen functional groups attached to an aromatic ring is 1. The van der Waals surface area contributed by atoms with E-state index in [2.05, 4.69) is 56.4 Å². The number of nitrogens with two attached hydrogens (primary N) is 1. The first-order chi connectivity index (χ1) is 14.3. The van der Waals surface area contributed by atoms with Crippen LogP contribution in [0.1, 0.15) is 16.7 Å². The highest BCUT2D eigenvalue weighted by atomic mass is 16.3. The normalized spacial score (nSPS) is 14.1.